The first-order valence-corrected chi connectivity index (χ1v) is 11.7. The zero-order chi connectivity index (χ0) is 24.4. The van der Waals surface area contributed by atoms with Crippen molar-refractivity contribution in [2.75, 3.05) is 48.8 Å². The van der Waals surface area contributed by atoms with E-state index in [1.165, 1.54) is 0 Å². The molecule has 1 aliphatic rings. The van der Waals surface area contributed by atoms with Crippen molar-refractivity contribution in [3.05, 3.63) is 76.6 Å². The summed E-state index contributed by atoms with van der Waals surface area (Å²) >= 11 is 6.33. The number of fused-ring (bicyclic) bond motifs is 1. The Morgan fingerprint density at radius 2 is 1.78 bits per heavy atom. The molecule has 2 aromatic heterocycles. The van der Waals surface area contributed by atoms with E-state index >= 15 is 0 Å². The fourth-order valence-corrected chi connectivity index (χ4v) is 4.76. The minimum Gasteiger partial charge on any atom is -0.495 e. The predicted molar refractivity (Wildman–Crippen MR) is 153 cm³/mol. The first-order valence-electron chi connectivity index (χ1n) is 11.3. The topological polar surface area (TPSA) is 104 Å². The Bertz CT molecular complexity index is 1420. The van der Waals surface area contributed by atoms with Gasteiger partial charge in [-0.25, -0.2) is 4.98 Å². The SMILES string of the molecule is COc1ccc(Cc2nnc(N3CCN(c4ccccn4)CC3)c3ccc(C#N)c(N)c23)cc1Cl.Cl.Cl. The van der Waals surface area contributed by atoms with E-state index < -0.39 is 0 Å². The Labute approximate surface area is 232 Å². The lowest BCUT2D eigenvalue weighted by Crippen LogP contribution is -2.47. The molecule has 192 valence electrons. The van der Waals surface area contributed by atoms with Crippen LogP contribution in [-0.4, -0.2) is 48.5 Å². The van der Waals surface area contributed by atoms with Crippen LogP contribution in [0.5, 0.6) is 5.75 Å². The smallest absolute Gasteiger partial charge is 0.159 e. The highest BCUT2D eigenvalue weighted by molar-refractivity contribution is 6.32. The highest BCUT2D eigenvalue weighted by Crippen LogP contribution is 2.34. The molecule has 0 saturated carbocycles. The Morgan fingerprint density at radius 1 is 1.03 bits per heavy atom. The Hall–Kier alpha value is -3.51. The van der Waals surface area contributed by atoms with Crippen molar-refractivity contribution in [3.8, 4) is 11.8 Å². The van der Waals surface area contributed by atoms with E-state index in [9.17, 15) is 5.26 Å². The molecule has 1 saturated heterocycles. The van der Waals surface area contributed by atoms with Gasteiger partial charge in [0, 0.05) is 49.6 Å². The summed E-state index contributed by atoms with van der Waals surface area (Å²) in [5.41, 5.74) is 8.98. The van der Waals surface area contributed by atoms with Crippen molar-refractivity contribution in [1.29, 1.82) is 5.26 Å². The van der Waals surface area contributed by atoms with Crippen LogP contribution in [0.2, 0.25) is 5.02 Å². The summed E-state index contributed by atoms with van der Waals surface area (Å²) in [6, 6.07) is 17.4. The predicted octanol–water partition coefficient (Wildman–Crippen LogP) is 4.90. The van der Waals surface area contributed by atoms with Crippen LogP contribution in [0.15, 0.2) is 54.7 Å². The number of anilines is 3. The highest BCUT2D eigenvalue weighted by Gasteiger charge is 2.23. The standard InChI is InChI=1S/C26H24ClN7O.2ClH/c1-35-22-8-5-17(14-20(22)27)15-21-24-19(7-6-18(16-28)25(24)29)26(32-31-21)34-12-10-33(11-13-34)23-4-2-3-9-30-23;;/h2-9,14H,10-13,15,29H2,1H3;2*1H. The maximum Gasteiger partial charge on any atom is 0.159 e. The monoisotopic (exact) mass is 557 g/mol. The molecular formula is C26H26Cl3N7O. The van der Waals surface area contributed by atoms with E-state index in [0.717, 1.165) is 54.2 Å². The molecule has 11 heteroatoms. The second-order valence-electron chi connectivity index (χ2n) is 8.34. The summed E-state index contributed by atoms with van der Waals surface area (Å²) in [5.74, 6) is 2.35. The number of nitrogen functional groups attached to an aromatic ring is 1. The van der Waals surface area contributed by atoms with Crippen molar-refractivity contribution in [1.82, 2.24) is 15.2 Å². The van der Waals surface area contributed by atoms with Crippen LogP contribution in [0.4, 0.5) is 17.3 Å². The number of nitrogens with zero attached hydrogens (tertiary/aromatic N) is 6. The van der Waals surface area contributed by atoms with Gasteiger partial charge in [0.2, 0.25) is 0 Å². The molecular weight excluding hydrogens is 533 g/mol. The first kappa shape index (κ1) is 28.1. The summed E-state index contributed by atoms with van der Waals surface area (Å²) in [7, 11) is 1.58. The first-order chi connectivity index (χ1) is 17.1. The number of piperazine rings is 1. The number of rotatable bonds is 5. The lowest BCUT2D eigenvalue weighted by Gasteiger charge is -2.36. The van der Waals surface area contributed by atoms with Gasteiger partial charge >= 0.3 is 0 Å². The van der Waals surface area contributed by atoms with E-state index in [1.54, 1.807) is 13.2 Å². The van der Waals surface area contributed by atoms with Gasteiger partial charge in [-0.1, -0.05) is 23.7 Å². The molecule has 1 aliphatic heterocycles. The van der Waals surface area contributed by atoms with E-state index in [-0.39, 0.29) is 24.8 Å². The summed E-state index contributed by atoms with van der Waals surface area (Å²) < 4.78 is 5.26. The molecule has 5 rings (SSSR count). The van der Waals surface area contributed by atoms with Gasteiger partial charge < -0.3 is 20.3 Å². The number of aromatic nitrogens is 3. The van der Waals surface area contributed by atoms with E-state index in [0.29, 0.717) is 34.1 Å². The zero-order valence-corrected chi connectivity index (χ0v) is 22.5. The van der Waals surface area contributed by atoms with Gasteiger partial charge in [0.1, 0.15) is 17.6 Å². The van der Waals surface area contributed by atoms with Gasteiger partial charge in [0.15, 0.2) is 5.82 Å². The maximum atomic E-state index is 9.59. The molecule has 0 bridgehead atoms. The van der Waals surface area contributed by atoms with E-state index in [2.05, 4.69) is 31.1 Å². The number of methoxy groups -OCH3 is 1. The van der Waals surface area contributed by atoms with Crippen LogP contribution >= 0.6 is 36.4 Å². The largest absolute Gasteiger partial charge is 0.495 e. The van der Waals surface area contributed by atoms with Gasteiger partial charge in [-0.15, -0.1) is 29.9 Å². The van der Waals surface area contributed by atoms with Gasteiger partial charge in [-0.05, 0) is 42.0 Å². The van der Waals surface area contributed by atoms with E-state index in [4.69, 9.17) is 22.1 Å². The second-order valence-corrected chi connectivity index (χ2v) is 8.75. The van der Waals surface area contributed by atoms with Crippen molar-refractivity contribution in [3.63, 3.8) is 0 Å². The number of nitrogens with two attached hydrogens (primary N) is 1. The van der Waals surface area contributed by atoms with Crippen molar-refractivity contribution >= 4 is 64.5 Å². The Kier molecular flexibility index (Phi) is 9.22. The van der Waals surface area contributed by atoms with Gasteiger partial charge in [0.25, 0.3) is 0 Å². The Morgan fingerprint density at radius 3 is 2.43 bits per heavy atom. The molecule has 0 spiro atoms. The van der Waals surface area contributed by atoms with Crippen LogP contribution in [0.3, 0.4) is 0 Å². The quantitative estimate of drug-likeness (QED) is 0.345. The molecule has 0 aliphatic carbocycles. The fourth-order valence-electron chi connectivity index (χ4n) is 4.48. The normalized spacial score (nSPS) is 12.9. The van der Waals surface area contributed by atoms with Crippen molar-refractivity contribution in [2.45, 2.75) is 6.42 Å². The average Bonchev–Trinajstić information content (AvgIpc) is 2.90. The number of hydrogen-bond donors (Lipinski definition) is 1. The highest BCUT2D eigenvalue weighted by atomic mass is 35.5. The molecule has 8 nitrogen and oxygen atoms in total. The fraction of sp³-hybridized carbons (Fsp3) is 0.231. The van der Waals surface area contributed by atoms with Gasteiger partial charge in [0.05, 0.1) is 29.1 Å². The molecule has 0 unspecified atom stereocenters. The van der Waals surface area contributed by atoms with Crippen molar-refractivity contribution in [2.24, 2.45) is 0 Å². The van der Waals surface area contributed by atoms with Crippen LogP contribution in [0.25, 0.3) is 10.8 Å². The van der Waals surface area contributed by atoms with Gasteiger partial charge in [-0.3, -0.25) is 0 Å². The summed E-state index contributed by atoms with van der Waals surface area (Å²) in [6.45, 7) is 3.18. The number of hydrogen-bond acceptors (Lipinski definition) is 8. The molecule has 4 aromatic rings. The molecule has 0 radical (unpaired) electrons. The Balaban J connectivity index is 0.00000190. The van der Waals surface area contributed by atoms with Crippen molar-refractivity contribution < 1.29 is 4.74 Å². The number of pyridine rings is 1. The maximum absolute atomic E-state index is 9.59. The zero-order valence-electron chi connectivity index (χ0n) is 20.1. The molecule has 2 aromatic carbocycles. The number of nitriles is 1. The molecule has 0 amide bonds. The minimum absolute atomic E-state index is 0. The third-order valence-electron chi connectivity index (χ3n) is 6.30. The van der Waals surface area contributed by atoms with Crippen LogP contribution in [-0.2, 0) is 6.42 Å². The van der Waals surface area contributed by atoms with E-state index in [1.807, 2.05) is 48.7 Å². The van der Waals surface area contributed by atoms with Crippen LogP contribution < -0.4 is 20.3 Å². The van der Waals surface area contributed by atoms with Crippen LogP contribution in [0.1, 0.15) is 16.8 Å². The number of ether oxygens (including phenoxy) is 1. The minimum atomic E-state index is 0. The molecule has 2 N–H and O–H groups in total. The summed E-state index contributed by atoms with van der Waals surface area (Å²) in [6.07, 6.45) is 2.28. The lowest BCUT2D eigenvalue weighted by molar-refractivity contribution is 0.415. The summed E-state index contributed by atoms with van der Waals surface area (Å²) in [4.78, 5) is 8.94. The molecule has 0 atom stereocenters. The number of benzene rings is 2. The molecule has 37 heavy (non-hydrogen) atoms. The lowest BCUT2D eigenvalue weighted by atomic mass is 10.00. The second kappa shape index (κ2) is 12.2. The third-order valence-corrected chi connectivity index (χ3v) is 6.60. The van der Waals surface area contributed by atoms with Gasteiger partial charge in [-0.2, -0.15) is 10.4 Å². The molecule has 3 heterocycles. The molecule has 1 fully saturated rings. The summed E-state index contributed by atoms with van der Waals surface area (Å²) in [5, 5.41) is 21.0. The number of halogens is 3. The average molecular weight is 559 g/mol. The third kappa shape index (κ3) is 5.59. The van der Waals surface area contributed by atoms with Crippen LogP contribution in [0, 0.1) is 11.3 Å².